The summed E-state index contributed by atoms with van der Waals surface area (Å²) in [6.07, 6.45) is 0. The number of benzene rings is 9. The first-order chi connectivity index (χ1) is 27.2. The molecule has 3 nitrogen and oxygen atoms in total. The minimum Gasteiger partial charge on any atom is -0.456 e. The summed E-state index contributed by atoms with van der Waals surface area (Å²) in [7, 11) is 0. The molecule has 0 amide bonds. The van der Waals surface area contributed by atoms with Crippen LogP contribution >= 0.6 is 0 Å². The maximum Gasteiger partial charge on any atom is 0.136 e. The van der Waals surface area contributed by atoms with Gasteiger partial charge in [0.1, 0.15) is 22.3 Å². The first-order valence-corrected chi connectivity index (χ1v) is 18.7. The molecule has 0 unspecified atom stereocenters. The van der Waals surface area contributed by atoms with E-state index in [4.69, 9.17) is 8.83 Å². The third-order valence-corrected chi connectivity index (χ3v) is 10.9. The number of furan rings is 2. The van der Waals surface area contributed by atoms with Crippen molar-refractivity contribution in [1.82, 2.24) is 0 Å². The van der Waals surface area contributed by atoms with Gasteiger partial charge in [-0.25, -0.2) is 0 Å². The maximum absolute atomic E-state index is 6.29. The zero-order valence-electron chi connectivity index (χ0n) is 29.8. The summed E-state index contributed by atoms with van der Waals surface area (Å²) >= 11 is 0. The summed E-state index contributed by atoms with van der Waals surface area (Å²) in [6, 6.07) is 71.2. The van der Waals surface area contributed by atoms with Crippen molar-refractivity contribution in [2.45, 2.75) is 0 Å². The van der Waals surface area contributed by atoms with Gasteiger partial charge >= 0.3 is 0 Å². The second-order valence-electron chi connectivity index (χ2n) is 14.1. The van der Waals surface area contributed by atoms with Crippen LogP contribution in [0.25, 0.3) is 88.0 Å². The normalized spacial score (nSPS) is 11.6. The van der Waals surface area contributed by atoms with Crippen LogP contribution in [-0.2, 0) is 0 Å². The van der Waals surface area contributed by atoms with Crippen LogP contribution in [0.15, 0.2) is 209 Å². The highest BCUT2D eigenvalue weighted by Crippen LogP contribution is 2.41. The molecule has 55 heavy (non-hydrogen) atoms. The minimum absolute atomic E-state index is 0.889. The molecule has 0 saturated carbocycles. The summed E-state index contributed by atoms with van der Waals surface area (Å²) < 4.78 is 12.4. The molecular weight excluding hydrogens is 671 g/mol. The fraction of sp³-hybridized carbons (Fsp3) is 0. The highest BCUT2D eigenvalue weighted by atomic mass is 16.3. The zero-order chi connectivity index (χ0) is 36.3. The van der Waals surface area contributed by atoms with Gasteiger partial charge in [0.15, 0.2) is 0 Å². The zero-order valence-corrected chi connectivity index (χ0v) is 29.8. The van der Waals surface area contributed by atoms with Crippen molar-refractivity contribution in [1.29, 1.82) is 0 Å². The Bertz CT molecular complexity index is 3220. The highest BCUT2D eigenvalue weighted by Gasteiger charge is 2.17. The van der Waals surface area contributed by atoms with Crippen LogP contribution < -0.4 is 4.90 Å². The Morgan fingerprint density at radius 1 is 0.273 bits per heavy atom. The number of anilines is 3. The predicted octanol–water partition coefficient (Wildman–Crippen LogP) is 15.1. The molecule has 11 aromatic rings. The van der Waals surface area contributed by atoms with E-state index in [1.54, 1.807) is 0 Å². The molecule has 0 aliphatic carbocycles. The smallest absolute Gasteiger partial charge is 0.136 e. The second kappa shape index (κ2) is 12.6. The number of nitrogens with zero attached hydrogens (tertiary/aromatic N) is 1. The molecule has 0 fully saturated rings. The molecule has 258 valence electrons. The van der Waals surface area contributed by atoms with Crippen LogP contribution in [0.4, 0.5) is 17.1 Å². The average Bonchev–Trinajstić information content (AvgIpc) is 3.82. The number of para-hydroxylation sites is 2. The fourth-order valence-corrected chi connectivity index (χ4v) is 8.17. The first-order valence-electron chi connectivity index (χ1n) is 18.7. The Morgan fingerprint density at radius 2 is 0.782 bits per heavy atom. The Hall–Kier alpha value is -7.36. The topological polar surface area (TPSA) is 29.5 Å². The second-order valence-corrected chi connectivity index (χ2v) is 14.1. The molecule has 0 atom stereocenters. The Labute approximate surface area is 317 Å². The van der Waals surface area contributed by atoms with Crippen LogP contribution in [0.3, 0.4) is 0 Å². The van der Waals surface area contributed by atoms with E-state index in [1.807, 2.05) is 24.3 Å². The SMILES string of the molecule is c1cc(-c2ccc3c(c2)oc2ccccc23)cc(N(c2ccc(-c3cccc4ccccc34)cc2)c2cccc(-c3ccc4oc5ccccc5c4c3)c2)c1. The largest absolute Gasteiger partial charge is 0.456 e. The quantitative estimate of drug-likeness (QED) is 0.173. The standard InChI is InChI=1S/C52H33NO2/c1-2-16-43-34(10-1)11-9-19-44(43)35-22-26-40(27-23-35)53(41-14-7-12-36(30-41)38-25-29-51-48(32-38)46-18-4-6-21-50(46)54-51)42-15-8-13-37(31-42)39-24-28-47-45-17-3-5-20-49(45)55-52(47)33-39/h1-33H. The van der Waals surface area contributed by atoms with Crippen LogP contribution in [-0.4, -0.2) is 0 Å². The molecule has 2 heterocycles. The molecule has 2 aromatic heterocycles. The summed E-state index contributed by atoms with van der Waals surface area (Å²) in [5.41, 5.74) is 13.7. The lowest BCUT2D eigenvalue weighted by Gasteiger charge is -2.27. The van der Waals surface area contributed by atoms with E-state index < -0.39 is 0 Å². The van der Waals surface area contributed by atoms with Gasteiger partial charge in [0.05, 0.1) is 0 Å². The Kier molecular flexibility index (Phi) is 7.17. The molecule has 9 aromatic carbocycles. The molecule has 0 N–H and O–H groups in total. The number of hydrogen-bond acceptors (Lipinski definition) is 3. The van der Waals surface area contributed by atoms with Gasteiger partial charge in [-0.3, -0.25) is 0 Å². The van der Waals surface area contributed by atoms with Crippen molar-refractivity contribution >= 4 is 71.7 Å². The van der Waals surface area contributed by atoms with Crippen LogP contribution in [0.5, 0.6) is 0 Å². The van der Waals surface area contributed by atoms with E-state index in [9.17, 15) is 0 Å². The third kappa shape index (κ3) is 5.36. The Morgan fingerprint density at radius 3 is 1.53 bits per heavy atom. The van der Waals surface area contributed by atoms with Gasteiger partial charge in [0, 0.05) is 38.6 Å². The molecule has 3 heteroatoms. The lowest BCUT2D eigenvalue weighted by atomic mass is 9.97. The molecule has 0 aliphatic rings. The van der Waals surface area contributed by atoms with Gasteiger partial charge in [-0.05, 0) is 117 Å². The van der Waals surface area contributed by atoms with Crippen molar-refractivity contribution in [2.24, 2.45) is 0 Å². The average molecular weight is 704 g/mol. The maximum atomic E-state index is 6.29. The van der Waals surface area contributed by atoms with E-state index in [0.29, 0.717) is 0 Å². The molecule has 0 bridgehead atoms. The van der Waals surface area contributed by atoms with Crippen LogP contribution in [0.2, 0.25) is 0 Å². The van der Waals surface area contributed by atoms with Gasteiger partial charge in [-0.1, -0.05) is 127 Å². The Balaban J connectivity index is 1.04. The third-order valence-electron chi connectivity index (χ3n) is 10.9. The minimum atomic E-state index is 0.889. The molecular formula is C52H33NO2. The lowest BCUT2D eigenvalue weighted by Crippen LogP contribution is -2.10. The van der Waals surface area contributed by atoms with Gasteiger partial charge in [0.25, 0.3) is 0 Å². The van der Waals surface area contributed by atoms with Gasteiger partial charge in [-0.15, -0.1) is 0 Å². The monoisotopic (exact) mass is 703 g/mol. The van der Waals surface area contributed by atoms with Gasteiger partial charge < -0.3 is 13.7 Å². The van der Waals surface area contributed by atoms with Crippen LogP contribution in [0, 0.1) is 0 Å². The van der Waals surface area contributed by atoms with Crippen molar-refractivity contribution < 1.29 is 8.83 Å². The summed E-state index contributed by atoms with van der Waals surface area (Å²) in [5, 5.41) is 6.99. The van der Waals surface area contributed by atoms with Crippen molar-refractivity contribution in [3.63, 3.8) is 0 Å². The van der Waals surface area contributed by atoms with E-state index >= 15 is 0 Å². The van der Waals surface area contributed by atoms with Gasteiger partial charge in [-0.2, -0.15) is 0 Å². The summed E-state index contributed by atoms with van der Waals surface area (Å²) in [6.45, 7) is 0. The van der Waals surface area contributed by atoms with Gasteiger partial charge in [0.2, 0.25) is 0 Å². The van der Waals surface area contributed by atoms with Crippen molar-refractivity contribution in [2.75, 3.05) is 4.90 Å². The van der Waals surface area contributed by atoms with E-state index in [0.717, 1.165) is 83.2 Å². The molecule has 11 rings (SSSR count). The predicted molar refractivity (Wildman–Crippen MR) is 229 cm³/mol. The van der Waals surface area contributed by atoms with Crippen LogP contribution in [0.1, 0.15) is 0 Å². The first kappa shape index (κ1) is 31.2. The highest BCUT2D eigenvalue weighted by molar-refractivity contribution is 6.07. The van der Waals surface area contributed by atoms with Crippen molar-refractivity contribution in [3.05, 3.63) is 200 Å². The molecule has 0 spiro atoms. The lowest BCUT2D eigenvalue weighted by molar-refractivity contribution is 0.668. The summed E-state index contributed by atoms with van der Waals surface area (Å²) in [4.78, 5) is 2.35. The number of fused-ring (bicyclic) bond motifs is 7. The molecule has 0 radical (unpaired) electrons. The fourth-order valence-electron chi connectivity index (χ4n) is 8.17. The number of rotatable bonds is 6. The van der Waals surface area contributed by atoms with Crippen molar-refractivity contribution in [3.8, 4) is 33.4 Å². The molecule has 0 saturated heterocycles. The van der Waals surface area contributed by atoms with E-state index in [2.05, 4.69) is 181 Å². The van der Waals surface area contributed by atoms with E-state index in [-0.39, 0.29) is 0 Å². The molecule has 0 aliphatic heterocycles. The number of hydrogen-bond donors (Lipinski definition) is 0. The van der Waals surface area contributed by atoms with E-state index in [1.165, 1.54) is 21.9 Å². The summed E-state index contributed by atoms with van der Waals surface area (Å²) in [5.74, 6) is 0.